The van der Waals surface area contributed by atoms with Crippen molar-refractivity contribution in [2.75, 3.05) is 13.1 Å². The zero-order chi connectivity index (χ0) is 15.3. The molecule has 1 fully saturated rings. The molecule has 1 aromatic rings. The van der Waals surface area contributed by atoms with Gasteiger partial charge in [-0.15, -0.1) is 0 Å². The normalized spacial score (nSPS) is 17.4. The molecule has 1 aromatic heterocycles. The highest BCUT2D eigenvalue weighted by Crippen LogP contribution is 2.12. The zero-order valence-corrected chi connectivity index (χ0v) is 13.1. The maximum absolute atomic E-state index is 12.1. The van der Waals surface area contributed by atoms with E-state index in [2.05, 4.69) is 9.82 Å². The Hall–Kier alpha value is -1.41. The Labute approximate surface area is 125 Å². The number of aryl methyl sites for hydroxylation is 2. The van der Waals surface area contributed by atoms with Crippen molar-refractivity contribution in [2.45, 2.75) is 38.5 Å². The van der Waals surface area contributed by atoms with Gasteiger partial charge in [-0.25, -0.2) is 4.72 Å². The molecule has 0 aromatic carbocycles. The predicted octanol–water partition coefficient (Wildman–Crippen LogP) is 0.590. The lowest BCUT2D eigenvalue weighted by molar-refractivity contribution is -0.119. The number of hydrogen-bond acceptors (Lipinski definition) is 4. The Balaban J connectivity index is 1.85. The van der Waals surface area contributed by atoms with E-state index in [1.807, 2.05) is 6.20 Å². The minimum Gasteiger partial charge on any atom is -0.276 e. The standard InChI is InChI=1S/C13H22N4O3S/c1-16-11-12(10-14-16)6-7-13(18)15-21(19,20)17-8-4-2-3-5-9-17/h10-11H,2-9H2,1H3,(H,15,18). The van der Waals surface area contributed by atoms with Gasteiger partial charge in [0.25, 0.3) is 0 Å². The number of hydrogen-bond donors (Lipinski definition) is 1. The van der Waals surface area contributed by atoms with Gasteiger partial charge in [0.2, 0.25) is 5.91 Å². The lowest BCUT2D eigenvalue weighted by atomic mass is 10.2. The summed E-state index contributed by atoms with van der Waals surface area (Å²) < 4.78 is 29.5. The SMILES string of the molecule is Cn1cc(CCC(=O)NS(=O)(=O)N2CCCCCC2)cn1. The molecule has 0 bridgehead atoms. The largest absolute Gasteiger partial charge is 0.303 e. The van der Waals surface area contributed by atoms with Gasteiger partial charge in [-0.1, -0.05) is 12.8 Å². The molecule has 1 saturated heterocycles. The predicted molar refractivity (Wildman–Crippen MR) is 78.6 cm³/mol. The van der Waals surface area contributed by atoms with Crippen LogP contribution >= 0.6 is 0 Å². The van der Waals surface area contributed by atoms with Crippen LogP contribution < -0.4 is 4.72 Å². The van der Waals surface area contributed by atoms with Crippen LogP contribution in [0.2, 0.25) is 0 Å². The first kappa shape index (κ1) is 16.0. The molecule has 118 valence electrons. The fraction of sp³-hybridized carbons (Fsp3) is 0.692. The van der Waals surface area contributed by atoms with Crippen molar-refractivity contribution < 1.29 is 13.2 Å². The van der Waals surface area contributed by atoms with Gasteiger partial charge < -0.3 is 0 Å². The number of amides is 1. The molecule has 21 heavy (non-hydrogen) atoms. The summed E-state index contributed by atoms with van der Waals surface area (Å²) in [6, 6.07) is 0. The van der Waals surface area contributed by atoms with Gasteiger partial charge in [-0.3, -0.25) is 9.48 Å². The van der Waals surface area contributed by atoms with Gasteiger partial charge in [0.05, 0.1) is 6.20 Å². The molecule has 1 aliphatic heterocycles. The molecule has 2 heterocycles. The molecular weight excluding hydrogens is 292 g/mol. The van der Waals surface area contributed by atoms with Crippen LogP contribution in [0.3, 0.4) is 0 Å². The first-order valence-corrected chi connectivity index (χ1v) is 8.69. The van der Waals surface area contributed by atoms with Crippen molar-refractivity contribution in [3.05, 3.63) is 18.0 Å². The van der Waals surface area contributed by atoms with Crippen molar-refractivity contribution in [1.29, 1.82) is 0 Å². The van der Waals surface area contributed by atoms with E-state index in [4.69, 9.17) is 0 Å². The van der Waals surface area contributed by atoms with E-state index in [0.717, 1.165) is 31.2 Å². The summed E-state index contributed by atoms with van der Waals surface area (Å²) in [4.78, 5) is 11.8. The number of carbonyl (C=O) groups excluding carboxylic acids is 1. The van der Waals surface area contributed by atoms with Crippen LogP contribution in [0.4, 0.5) is 0 Å². The van der Waals surface area contributed by atoms with E-state index < -0.39 is 16.1 Å². The minimum absolute atomic E-state index is 0.138. The van der Waals surface area contributed by atoms with Crippen molar-refractivity contribution in [3.8, 4) is 0 Å². The summed E-state index contributed by atoms with van der Waals surface area (Å²) in [5.41, 5.74) is 0.917. The van der Waals surface area contributed by atoms with Crippen molar-refractivity contribution >= 4 is 16.1 Å². The van der Waals surface area contributed by atoms with E-state index in [1.165, 1.54) is 4.31 Å². The fourth-order valence-corrected chi connectivity index (χ4v) is 3.66. The molecule has 1 amide bonds. The van der Waals surface area contributed by atoms with Gasteiger partial charge >= 0.3 is 10.2 Å². The Morgan fingerprint density at radius 1 is 1.29 bits per heavy atom. The average molecular weight is 314 g/mol. The maximum atomic E-state index is 12.1. The highest BCUT2D eigenvalue weighted by Gasteiger charge is 2.24. The third-order valence-corrected chi connectivity index (χ3v) is 5.08. The van der Waals surface area contributed by atoms with Crippen LogP contribution in [0.1, 0.15) is 37.7 Å². The third kappa shape index (κ3) is 4.82. The van der Waals surface area contributed by atoms with E-state index in [-0.39, 0.29) is 6.42 Å². The molecule has 1 aliphatic rings. The lowest BCUT2D eigenvalue weighted by Crippen LogP contribution is -2.43. The molecule has 1 N–H and O–H groups in total. The second kappa shape index (κ2) is 7.04. The second-order valence-electron chi connectivity index (χ2n) is 5.37. The lowest BCUT2D eigenvalue weighted by Gasteiger charge is -2.19. The number of nitrogens with one attached hydrogen (secondary N) is 1. The Kier molecular flexibility index (Phi) is 5.35. The van der Waals surface area contributed by atoms with E-state index >= 15 is 0 Å². The molecule has 7 nitrogen and oxygen atoms in total. The minimum atomic E-state index is -3.69. The Morgan fingerprint density at radius 2 is 1.95 bits per heavy atom. The van der Waals surface area contributed by atoms with Gasteiger partial charge in [-0.2, -0.15) is 17.8 Å². The molecule has 0 saturated carbocycles. The first-order valence-electron chi connectivity index (χ1n) is 7.25. The van der Waals surface area contributed by atoms with E-state index in [9.17, 15) is 13.2 Å². The van der Waals surface area contributed by atoms with Crippen LogP contribution in [0.5, 0.6) is 0 Å². The third-order valence-electron chi connectivity index (χ3n) is 3.55. The van der Waals surface area contributed by atoms with Gasteiger partial charge in [0.15, 0.2) is 0 Å². The molecular formula is C13H22N4O3S. The Morgan fingerprint density at radius 3 is 2.52 bits per heavy atom. The van der Waals surface area contributed by atoms with Crippen molar-refractivity contribution in [2.24, 2.45) is 7.05 Å². The van der Waals surface area contributed by atoms with Gasteiger partial charge in [-0.05, 0) is 24.8 Å². The van der Waals surface area contributed by atoms with Gasteiger partial charge in [0, 0.05) is 32.8 Å². The summed E-state index contributed by atoms with van der Waals surface area (Å²) >= 11 is 0. The number of aromatic nitrogens is 2. The van der Waals surface area contributed by atoms with Crippen LogP contribution in [-0.2, 0) is 28.5 Å². The van der Waals surface area contributed by atoms with Crippen LogP contribution in [0.15, 0.2) is 12.4 Å². The average Bonchev–Trinajstić information content (AvgIpc) is 2.67. The zero-order valence-electron chi connectivity index (χ0n) is 12.3. The molecule has 0 unspecified atom stereocenters. The molecule has 0 aliphatic carbocycles. The smallest absolute Gasteiger partial charge is 0.276 e. The van der Waals surface area contributed by atoms with Crippen molar-refractivity contribution in [1.82, 2.24) is 18.8 Å². The summed E-state index contributed by atoms with van der Waals surface area (Å²) in [6.45, 7) is 0.983. The summed E-state index contributed by atoms with van der Waals surface area (Å²) in [5, 5.41) is 4.01. The van der Waals surface area contributed by atoms with E-state index in [0.29, 0.717) is 19.5 Å². The topological polar surface area (TPSA) is 84.3 Å². The summed E-state index contributed by atoms with van der Waals surface area (Å²) in [7, 11) is -1.89. The quantitative estimate of drug-likeness (QED) is 0.862. The number of nitrogens with zero attached hydrogens (tertiary/aromatic N) is 3. The highest BCUT2D eigenvalue weighted by molar-refractivity contribution is 7.87. The van der Waals surface area contributed by atoms with Crippen LogP contribution in [0, 0.1) is 0 Å². The summed E-state index contributed by atoms with van der Waals surface area (Å²) in [6.07, 6.45) is 7.90. The first-order chi connectivity index (χ1) is 9.97. The second-order valence-corrected chi connectivity index (χ2v) is 7.04. The highest BCUT2D eigenvalue weighted by atomic mass is 32.2. The molecule has 0 spiro atoms. The molecule has 0 atom stereocenters. The van der Waals surface area contributed by atoms with E-state index in [1.54, 1.807) is 17.9 Å². The van der Waals surface area contributed by atoms with Crippen molar-refractivity contribution in [3.63, 3.8) is 0 Å². The Bertz CT molecular complexity index is 574. The number of carbonyl (C=O) groups is 1. The van der Waals surface area contributed by atoms with Gasteiger partial charge in [0.1, 0.15) is 0 Å². The fourth-order valence-electron chi connectivity index (χ4n) is 2.40. The molecule has 8 heteroatoms. The monoisotopic (exact) mass is 314 g/mol. The maximum Gasteiger partial charge on any atom is 0.303 e. The molecule has 2 rings (SSSR count). The molecule has 0 radical (unpaired) electrons. The number of rotatable bonds is 5. The summed E-state index contributed by atoms with van der Waals surface area (Å²) in [5.74, 6) is -0.469. The van der Waals surface area contributed by atoms with Crippen LogP contribution in [-0.4, -0.2) is 41.5 Å². The van der Waals surface area contributed by atoms with Crippen LogP contribution in [0.25, 0.3) is 0 Å².